The quantitative estimate of drug-likeness (QED) is 0.766. The Kier molecular flexibility index (Phi) is 6.33. The van der Waals surface area contributed by atoms with Gasteiger partial charge in [0.1, 0.15) is 5.82 Å². The number of hydrogen-bond donors (Lipinski definition) is 1. The van der Waals surface area contributed by atoms with E-state index in [4.69, 9.17) is 4.98 Å². The molecule has 32 heavy (non-hydrogen) atoms. The number of piperidine rings is 1. The highest BCUT2D eigenvalue weighted by Crippen LogP contribution is 2.37. The molecule has 2 aliphatic heterocycles. The van der Waals surface area contributed by atoms with Gasteiger partial charge in [-0.25, -0.2) is 14.8 Å². The molecule has 8 nitrogen and oxygen atoms in total. The van der Waals surface area contributed by atoms with Crippen molar-refractivity contribution in [2.24, 2.45) is 5.92 Å². The molecule has 4 heterocycles. The van der Waals surface area contributed by atoms with E-state index < -0.39 is 18.1 Å². The number of carbonyl (C=O) groups excluding carboxylic acids is 1. The van der Waals surface area contributed by atoms with Crippen molar-refractivity contribution in [3.63, 3.8) is 0 Å². The van der Waals surface area contributed by atoms with Crippen LogP contribution in [0.25, 0.3) is 0 Å². The van der Waals surface area contributed by atoms with Gasteiger partial charge in [0.15, 0.2) is 11.6 Å². The van der Waals surface area contributed by atoms with Gasteiger partial charge in [-0.2, -0.15) is 13.2 Å². The van der Waals surface area contributed by atoms with Gasteiger partial charge in [0.2, 0.25) is 0 Å². The number of hydrogen-bond acceptors (Lipinski definition) is 6. The van der Waals surface area contributed by atoms with Gasteiger partial charge >= 0.3 is 12.2 Å². The first-order valence-electron chi connectivity index (χ1n) is 10.8. The predicted molar refractivity (Wildman–Crippen MR) is 116 cm³/mol. The zero-order valence-electron chi connectivity index (χ0n) is 17.8. The Morgan fingerprint density at radius 1 is 1.19 bits per heavy atom. The fourth-order valence-electron chi connectivity index (χ4n) is 4.22. The van der Waals surface area contributed by atoms with Gasteiger partial charge in [0.25, 0.3) is 0 Å². The number of anilines is 4. The molecule has 0 spiro atoms. The molecule has 2 aromatic rings. The summed E-state index contributed by atoms with van der Waals surface area (Å²) in [4.78, 5) is 31.1. The van der Waals surface area contributed by atoms with Gasteiger partial charge in [-0.1, -0.05) is 0 Å². The minimum absolute atomic E-state index is 0.126. The third-order valence-corrected chi connectivity index (χ3v) is 5.88. The van der Waals surface area contributed by atoms with Crippen LogP contribution in [0, 0.1) is 5.92 Å². The van der Waals surface area contributed by atoms with E-state index in [9.17, 15) is 18.0 Å². The van der Waals surface area contributed by atoms with Crippen LogP contribution in [0.4, 0.5) is 41.1 Å². The molecule has 0 aromatic carbocycles. The highest BCUT2D eigenvalue weighted by Gasteiger charge is 2.42. The number of fused-ring (bicyclic) bond motifs is 1. The minimum atomic E-state index is -4.23. The third kappa shape index (κ3) is 4.71. The van der Waals surface area contributed by atoms with Crippen LogP contribution in [-0.4, -0.2) is 59.9 Å². The van der Waals surface area contributed by atoms with E-state index in [1.165, 1.54) is 23.5 Å². The molecule has 11 heteroatoms. The summed E-state index contributed by atoms with van der Waals surface area (Å²) in [5.74, 6) is -0.166. The molecule has 2 aliphatic rings. The molecule has 0 aliphatic carbocycles. The summed E-state index contributed by atoms with van der Waals surface area (Å²) < 4.78 is 39.9. The summed E-state index contributed by atoms with van der Waals surface area (Å²) in [6.45, 7) is 4.30. The lowest BCUT2D eigenvalue weighted by molar-refractivity contribution is -0.176. The Morgan fingerprint density at radius 3 is 2.75 bits per heavy atom. The second-order valence-corrected chi connectivity index (χ2v) is 7.94. The molecule has 0 unspecified atom stereocenters. The van der Waals surface area contributed by atoms with Gasteiger partial charge in [-0.05, 0) is 38.3 Å². The maximum absolute atomic E-state index is 13.3. The second-order valence-electron chi connectivity index (χ2n) is 7.94. The number of nitrogens with one attached hydrogen (secondary N) is 1. The van der Waals surface area contributed by atoms with E-state index in [0.717, 1.165) is 25.2 Å². The van der Waals surface area contributed by atoms with E-state index in [-0.39, 0.29) is 13.0 Å². The molecule has 1 fully saturated rings. The fraction of sp³-hybridized carbons (Fsp3) is 0.524. The molecule has 0 bridgehead atoms. The second kappa shape index (κ2) is 9.17. The summed E-state index contributed by atoms with van der Waals surface area (Å²) >= 11 is 0. The van der Waals surface area contributed by atoms with Gasteiger partial charge in [-0.3, -0.25) is 15.2 Å². The largest absolute Gasteiger partial charge is 0.393 e. The highest BCUT2D eigenvalue weighted by molar-refractivity contribution is 6.02. The van der Waals surface area contributed by atoms with Crippen molar-refractivity contribution >= 4 is 29.2 Å². The van der Waals surface area contributed by atoms with Gasteiger partial charge in [0.05, 0.1) is 17.8 Å². The lowest BCUT2D eigenvalue weighted by Gasteiger charge is -2.35. The SMILES string of the molecule is CCN1CCCN(C(=O)Nc2cnccn2)c2nc(N3CCC[C@H](C(F)(F)F)C3)ccc21. The van der Waals surface area contributed by atoms with E-state index >= 15 is 0 Å². The lowest BCUT2D eigenvalue weighted by Crippen LogP contribution is -2.42. The van der Waals surface area contributed by atoms with E-state index in [0.29, 0.717) is 37.0 Å². The molecule has 4 rings (SSSR count). The number of rotatable bonds is 3. The first-order valence-corrected chi connectivity index (χ1v) is 10.8. The summed E-state index contributed by atoms with van der Waals surface area (Å²) in [5.41, 5.74) is 0.785. The van der Waals surface area contributed by atoms with Gasteiger partial charge in [-0.15, -0.1) is 0 Å². The Hall–Kier alpha value is -3.11. The van der Waals surface area contributed by atoms with Gasteiger partial charge in [0, 0.05) is 45.1 Å². The summed E-state index contributed by atoms with van der Waals surface area (Å²) in [7, 11) is 0. The smallest absolute Gasteiger partial charge is 0.369 e. The Balaban J connectivity index is 1.65. The first-order chi connectivity index (χ1) is 15.4. The number of halogens is 3. The summed E-state index contributed by atoms with van der Waals surface area (Å²) in [6, 6.07) is 3.21. The van der Waals surface area contributed by atoms with Crippen LogP contribution in [0.3, 0.4) is 0 Å². The molecule has 2 amide bonds. The Labute approximate surface area is 184 Å². The third-order valence-electron chi connectivity index (χ3n) is 5.88. The van der Waals surface area contributed by atoms with Crippen molar-refractivity contribution in [1.29, 1.82) is 0 Å². The van der Waals surface area contributed by atoms with Crippen molar-refractivity contribution in [3.05, 3.63) is 30.7 Å². The standard InChI is InChI=1S/C21H26F3N7O/c1-2-29-11-4-12-31(20(32)27-17-13-25-8-9-26-17)19-16(29)6-7-18(28-19)30-10-3-5-15(14-30)21(22,23)24/h6-9,13,15H,2-5,10-12,14H2,1H3,(H,26,27,32)/t15-/m0/s1. The lowest BCUT2D eigenvalue weighted by atomic mass is 9.97. The molecule has 0 radical (unpaired) electrons. The van der Waals surface area contributed by atoms with Crippen LogP contribution in [0.15, 0.2) is 30.7 Å². The van der Waals surface area contributed by atoms with Crippen LogP contribution < -0.4 is 20.0 Å². The topological polar surface area (TPSA) is 77.5 Å². The maximum atomic E-state index is 13.3. The molecule has 0 saturated carbocycles. The molecular formula is C21H26F3N7O. The normalized spacial score (nSPS) is 19.4. The maximum Gasteiger partial charge on any atom is 0.393 e. The molecule has 2 aromatic heterocycles. The average Bonchev–Trinajstić information content (AvgIpc) is 2.98. The monoisotopic (exact) mass is 449 g/mol. The van der Waals surface area contributed by atoms with Crippen LogP contribution in [-0.2, 0) is 0 Å². The Bertz CT molecular complexity index is 941. The van der Waals surface area contributed by atoms with Gasteiger partial charge < -0.3 is 9.80 Å². The van der Waals surface area contributed by atoms with Crippen molar-refractivity contribution in [2.75, 3.05) is 52.7 Å². The number of alkyl halides is 3. The van der Waals surface area contributed by atoms with Crippen LogP contribution in [0.2, 0.25) is 0 Å². The average molecular weight is 449 g/mol. The molecular weight excluding hydrogens is 423 g/mol. The van der Waals surface area contributed by atoms with Crippen LogP contribution in [0.5, 0.6) is 0 Å². The fourth-order valence-corrected chi connectivity index (χ4v) is 4.22. The van der Waals surface area contributed by atoms with E-state index in [1.54, 1.807) is 11.0 Å². The highest BCUT2D eigenvalue weighted by atomic mass is 19.4. The summed E-state index contributed by atoms with van der Waals surface area (Å²) in [6.07, 6.45) is 1.51. The zero-order valence-corrected chi connectivity index (χ0v) is 17.8. The number of urea groups is 1. The van der Waals surface area contributed by atoms with E-state index in [2.05, 4.69) is 20.2 Å². The van der Waals surface area contributed by atoms with Crippen molar-refractivity contribution in [2.45, 2.75) is 32.4 Å². The summed E-state index contributed by atoms with van der Waals surface area (Å²) in [5, 5.41) is 2.73. The molecule has 1 N–H and O–H groups in total. The molecule has 1 atom stereocenters. The van der Waals surface area contributed by atoms with Crippen molar-refractivity contribution in [3.8, 4) is 0 Å². The Morgan fingerprint density at radius 2 is 2.03 bits per heavy atom. The van der Waals surface area contributed by atoms with Crippen LogP contribution in [0.1, 0.15) is 26.2 Å². The number of nitrogens with zero attached hydrogens (tertiary/aromatic N) is 6. The minimum Gasteiger partial charge on any atom is -0.369 e. The van der Waals surface area contributed by atoms with E-state index in [1.807, 2.05) is 13.0 Å². The zero-order chi connectivity index (χ0) is 22.7. The van der Waals surface area contributed by atoms with Crippen LogP contribution >= 0.6 is 0 Å². The van der Waals surface area contributed by atoms with Crippen molar-refractivity contribution in [1.82, 2.24) is 15.0 Å². The molecule has 172 valence electrons. The number of carbonyl (C=O) groups is 1. The number of aromatic nitrogens is 3. The van der Waals surface area contributed by atoms with Crippen molar-refractivity contribution < 1.29 is 18.0 Å². The first kappa shape index (κ1) is 22.1. The number of pyridine rings is 1. The molecule has 1 saturated heterocycles. The number of amides is 2. The predicted octanol–water partition coefficient (Wildman–Crippen LogP) is 3.92.